The van der Waals surface area contributed by atoms with Crippen LogP contribution in [0.5, 0.6) is 11.8 Å². The van der Waals surface area contributed by atoms with E-state index < -0.39 is 6.09 Å². The summed E-state index contributed by atoms with van der Waals surface area (Å²) < 4.78 is 14.0. The van der Waals surface area contributed by atoms with Crippen molar-refractivity contribution in [1.29, 1.82) is 0 Å². The standard InChI is InChI=1S/C33H34N6O4/c1-22-19-39(33(40)41)18-17-27(22)34-28-15-13-25-30(37-38(2)31(25)35-28)26-14-16-29(42-20-23-9-5-3-6-10-23)36-32(26)43-21-24-11-7-4-8-12-24/h3-16,22,27H,17-21H2,1-2H3,(H,34,35)(H,40,41)/t22-,27-/m1/s1. The van der Waals surface area contributed by atoms with Crippen LogP contribution in [0.25, 0.3) is 22.3 Å². The predicted molar refractivity (Wildman–Crippen MR) is 164 cm³/mol. The van der Waals surface area contributed by atoms with Crippen molar-refractivity contribution in [2.75, 3.05) is 18.4 Å². The first-order chi connectivity index (χ1) is 20.9. The number of rotatable bonds is 9. The molecule has 10 nitrogen and oxygen atoms in total. The molecule has 0 unspecified atom stereocenters. The van der Waals surface area contributed by atoms with E-state index in [0.29, 0.717) is 49.4 Å². The summed E-state index contributed by atoms with van der Waals surface area (Å²) in [6, 6.07) is 27.7. The molecule has 43 heavy (non-hydrogen) atoms. The highest BCUT2D eigenvalue weighted by molar-refractivity contribution is 5.93. The van der Waals surface area contributed by atoms with Gasteiger partial charge in [0.1, 0.15) is 24.7 Å². The topological polar surface area (TPSA) is 115 Å². The minimum Gasteiger partial charge on any atom is -0.473 e. The van der Waals surface area contributed by atoms with Gasteiger partial charge in [-0.1, -0.05) is 67.6 Å². The molecular formula is C33H34N6O4. The molecular weight excluding hydrogens is 544 g/mol. The minimum absolute atomic E-state index is 0.124. The van der Waals surface area contributed by atoms with Crippen LogP contribution in [0.1, 0.15) is 24.5 Å². The summed E-state index contributed by atoms with van der Waals surface area (Å²) in [5.41, 5.74) is 4.25. The number of ether oxygens (including phenoxy) is 2. The molecule has 2 aromatic carbocycles. The van der Waals surface area contributed by atoms with Crippen molar-refractivity contribution in [1.82, 2.24) is 24.6 Å². The van der Waals surface area contributed by atoms with Crippen LogP contribution in [0.15, 0.2) is 84.9 Å². The van der Waals surface area contributed by atoms with Gasteiger partial charge >= 0.3 is 6.09 Å². The molecule has 1 fully saturated rings. The Hall–Kier alpha value is -5.12. The lowest BCUT2D eigenvalue weighted by Crippen LogP contribution is -2.47. The highest BCUT2D eigenvalue weighted by Crippen LogP contribution is 2.35. The lowest BCUT2D eigenvalue weighted by molar-refractivity contribution is 0.119. The second kappa shape index (κ2) is 12.4. The van der Waals surface area contributed by atoms with Gasteiger partial charge in [0.05, 0.1) is 5.56 Å². The summed E-state index contributed by atoms with van der Waals surface area (Å²) in [5.74, 6) is 1.77. The number of nitrogens with one attached hydrogen (secondary N) is 1. The van der Waals surface area contributed by atoms with E-state index in [9.17, 15) is 9.90 Å². The summed E-state index contributed by atoms with van der Waals surface area (Å²) in [5, 5.41) is 18.6. The molecule has 0 aliphatic carbocycles. The average molecular weight is 579 g/mol. The van der Waals surface area contributed by atoms with E-state index >= 15 is 0 Å². The third-order valence-corrected chi connectivity index (χ3v) is 7.73. The van der Waals surface area contributed by atoms with Crippen molar-refractivity contribution >= 4 is 22.9 Å². The summed E-state index contributed by atoms with van der Waals surface area (Å²) in [4.78, 5) is 22.5. The Bertz CT molecular complexity index is 1710. The first-order valence-corrected chi connectivity index (χ1v) is 14.4. The maximum Gasteiger partial charge on any atom is 0.407 e. The smallest absolute Gasteiger partial charge is 0.407 e. The van der Waals surface area contributed by atoms with Crippen LogP contribution in [-0.2, 0) is 20.3 Å². The molecule has 0 bridgehead atoms. The fourth-order valence-corrected chi connectivity index (χ4v) is 5.39. The molecule has 5 aromatic rings. The zero-order valence-electron chi connectivity index (χ0n) is 24.2. The molecule has 1 amide bonds. The molecule has 6 rings (SSSR count). The normalized spacial score (nSPS) is 16.7. The van der Waals surface area contributed by atoms with E-state index in [1.807, 2.05) is 92.0 Å². The Morgan fingerprint density at radius 2 is 1.63 bits per heavy atom. The molecule has 2 atom stereocenters. The molecule has 2 N–H and O–H groups in total. The van der Waals surface area contributed by atoms with Gasteiger partial charge in [0.15, 0.2) is 5.65 Å². The van der Waals surface area contributed by atoms with Gasteiger partial charge in [-0.2, -0.15) is 10.1 Å². The maximum atomic E-state index is 11.4. The van der Waals surface area contributed by atoms with Crippen molar-refractivity contribution < 1.29 is 19.4 Å². The van der Waals surface area contributed by atoms with Gasteiger partial charge in [-0.15, -0.1) is 0 Å². The summed E-state index contributed by atoms with van der Waals surface area (Å²) in [7, 11) is 1.87. The first-order valence-electron chi connectivity index (χ1n) is 14.4. The average Bonchev–Trinajstić information content (AvgIpc) is 3.36. The SMILES string of the molecule is C[C@@H]1CN(C(=O)O)CC[C@H]1Nc1ccc2c(-c3ccc(OCc4ccccc4)nc3OCc3ccccc3)nn(C)c2n1. The van der Waals surface area contributed by atoms with Crippen LogP contribution in [0.4, 0.5) is 10.6 Å². The number of nitrogens with zero attached hydrogens (tertiary/aromatic N) is 5. The molecule has 0 saturated carbocycles. The zero-order chi connectivity index (χ0) is 29.8. The number of aryl methyl sites for hydroxylation is 1. The Kier molecular flexibility index (Phi) is 8.08. The number of anilines is 1. The predicted octanol–water partition coefficient (Wildman–Crippen LogP) is 5.99. The largest absolute Gasteiger partial charge is 0.473 e. The van der Waals surface area contributed by atoms with E-state index in [1.54, 1.807) is 4.68 Å². The number of hydrogen-bond donors (Lipinski definition) is 2. The Morgan fingerprint density at radius 3 is 2.30 bits per heavy atom. The fourth-order valence-electron chi connectivity index (χ4n) is 5.39. The number of benzene rings is 2. The monoisotopic (exact) mass is 578 g/mol. The Morgan fingerprint density at radius 1 is 0.930 bits per heavy atom. The maximum absolute atomic E-state index is 11.4. The van der Waals surface area contributed by atoms with Gasteiger partial charge in [0.2, 0.25) is 11.8 Å². The number of amides is 1. The Balaban J connectivity index is 1.27. The second-order valence-corrected chi connectivity index (χ2v) is 10.8. The molecule has 0 spiro atoms. The van der Waals surface area contributed by atoms with Gasteiger partial charge in [-0.25, -0.2) is 14.5 Å². The van der Waals surface area contributed by atoms with E-state index in [0.717, 1.165) is 34.3 Å². The third-order valence-electron chi connectivity index (χ3n) is 7.73. The summed E-state index contributed by atoms with van der Waals surface area (Å²) in [6.07, 6.45) is -0.152. The molecule has 1 aliphatic rings. The van der Waals surface area contributed by atoms with Crippen molar-refractivity contribution in [3.63, 3.8) is 0 Å². The number of carboxylic acid groups (broad SMARTS) is 1. The van der Waals surface area contributed by atoms with Crippen LogP contribution in [0.3, 0.4) is 0 Å². The Labute approximate surface area is 249 Å². The molecule has 1 saturated heterocycles. The zero-order valence-corrected chi connectivity index (χ0v) is 24.2. The lowest BCUT2D eigenvalue weighted by Gasteiger charge is -2.36. The quantitative estimate of drug-likeness (QED) is 0.219. The molecule has 4 heterocycles. The number of likely N-dealkylation sites (tertiary alicyclic amines) is 1. The van der Waals surface area contributed by atoms with Gasteiger partial charge in [0, 0.05) is 37.6 Å². The van der Waals surface area contributed by atoms with Gasteiger partial charge in [-0.3, -0.25) is 0 Å². The summed E-state index contributed by atoms with van der Waals surface area (Å²) in [6.45, 7) is 3.79. The van der Waals surface area contributed by atoms with Crippen molar-refractivity contribution in [3.8, 4) is 23.0 Å². The van der Waals surface area contributed by atoms with E-state index in [4.69, 9.17) is 24.5 Å². The van der Waals surface area contributed by atoms with Gasteiger partial charge in [-0.05, 0) is 41.7 Å². The number of pyridine rings is 2. The van der Waals surface area contributed by atoms with Crippen LogP contribution in [-0.4, -0.2) is 55.0 Å². The van der Waals surface area contributed by atoms with Crippen LogP contribution in [0.2, 0.25) is 0 Å². The molecule has 0 radical (unpaired) electrons. The molecule has 220 valence electrons. The summed E-state index contributed by atoms with van der Waals surface area (Å²) >= 11 is 0. The van der Waals surface area contributed by atoms with Crippen LogP contribution in [0, 0.1) is 5.92 Å². The number of aromatic nitrogens is 4. The first kappa shape index (κ1) is 28.0. The van der Waals surface area contributed by atoms with E-state index in [1.165, 1.54) is 4.90 Å². The second-order valence-electron chi connectivity index (χ2n) is 10.8. The van der Waals surface area contributed by atoms with Crippen molar-refractivity contribution in [3.05, 3.63) is 96.1 Å². The number of piperidine rings is 1. The fraction of sp³-hybridized carbons (Fsp3) is 0.273. The van der Waals surface area contributed by atoms with Gasteiger partial charge < -0.3 is 24.8 Å². The van der Waals surface area contributed by atoms with Crippen molar-refractivity contribution in [2.24, 2.45) is 13.0 Å². The number of carbonyl (C=O) groups is 1. The third kappa shape index (κ3) is 6.38. The highest BCUT2D eigenvalue weighted by Gasteiger charge is 2.29. The van der Waals surface area contributed by atoms with Crippen LogP contribution >= 0.6 is 0 Å². The lowest BCUT2D eigenvalue weighted by atomic mass is 9.94. The van der Waals surface area contributed by atoms with Gasteiger partial charge in [0.25, 0.3) is 0 Å². The molecule has 1 aliphatic heterocycles. The minimum atomic E-state index is -0.871. The highest BCUT2D eigenvalue weighted by atomic mass is 16.5. The van der Waals surface area contributed by atoms with E-state index in [2.05, 4.69) is 12.2 Å². The van der Waals surface area contributed by atoms with Crippen LogP contribution < -0.4 is 14.8 Å². The molecule has 3 aromatic heterocycles. The molecule has 10 heteroatoms. The van der Waals surface area contributed by atoms with E-state index in [-0.39, 0.29) is 12.0 Å². The van der Waals surface area contributed by atoms with Crippen molar-refractivity contribution in [2.45, 2.75) is 32.6 Å². The number of hydrogen-bond acceptors (Lipinski definition) is 7. The number of fused-ring (bicyclic) bond motifs is 1.